The van der Waals surface area contributed by atoms with Gasteiger partial charge in [-0.15, -0.1) is 0 Å². The molecule has 0 spiro atoms. The van der Waals surface area contributed by atoms with Crippen LogP contribution in [0.4, 0.5) is 0 Å². The summed E-state index contributed by atoms with van der Waals surface area (Å²) in [7, 11) is 1.67. The Hall–Kier alpha value is -1.39. The van der Waals surface area contributed by atoms with E-state index < -0.39 is 0 Å². The predicted octanol–water partition coefficient (Wildman–Crippen LogP) is 2.39. The van der Waals surface area contributed by atoms with E-state index in [1.54, 1.807) is 14.0 Å². The molecule has 0 aliphatic carbocycles. The second kappa shape index (κ2) is 5.78. The molecule has 0 amide bonds. The maximum absolute atomic E-state index is 11.6. The fraction of sp³-hybridized carbons (Fsp3) is 0.588. The Labute approximate surface area is 125 Å². The summed E-state index contributed by atoms with van der Waals surface area (Å²) in [5.41, 5.74) is 1.80. The molecule has 1 N–H and O–H groups in total. The number of fused-ring (bicyclic) bond motifs is 2. The summed E-state index contributed by atoms with van der Waals surface area (Å²) >= 11 is 0. The first-order valence-corrected chi connectivity index (χ1v) is 7.70. The molecule has 3 rings (SSSR count). The fourth-order valence-electron chi connectivity index (χ4n) is 3.82. The molecule has 0 aromatic heterocycles. The number of aliphatic hydroxyl groups excluding tert-OH is 1. The Morgan fingerprint density at radius 2 is 2.00 bits per heavy atom. The standard InChI is InChI=1S/C17H23NO3/c1-11(19)12-3-6-17(21-2)13(7-12)10-18-14-4-5-15(18)9-16(20)8-14/h3,6-7,14-16,20H,4-5,8-10H2,1-2H3. The maximum Gasteiger partial charge on any atom is 0.159 e. The molecule has 2 saturated heterocycles. The first-order valence-electron chi connectivity index (χ1n) is 7.70. The van der Waals surface area contributed by atoms with Crippen LogP contribution in [0.3, 0.4) is 0 Å². The van der Waals surface area contributed by atoms with Crippen molar-refractivity contribution in [1.82, 2.24) is 4.90 Å². The van der Waals surface area contributed by atoms with E-state index >= 15 is 0 Å². The molecule has 2 aliphatic rings. The largest absolute Gasteiger partial charge is 0.496 e. The normalized spacial score (nSPS) is 28.6. The number of piperidine rings is 1. The van der Waals surface area contributed by atoms with Gasteiger partial charge in [0.2, 0.25) is 0 Å². The third kappa shape index (κ3) is 2.83. The summed E-state index contributed by atoms with van der Waals surface area (Å²) in [6.45, 7) is 2.39. The van der Waals surface area contributed by atoms with Crippen molar-refractivity contribution in [2.75, 3.05) is 7.11 Å². The van der Waals surface area contributed by atoms with Crippen molar-refractivity contribution >= 4 is 5.78 Å². The number of ketones is 1. The van der Waals surface area contributed by atoms with Crippen LogP contribution in [0.15, 0.2) is 18.2 Å². The van der Waals surface area contributed by atoms with Gasteiger partial charge in [-0.1, -0.05) is 0 Å². The smallest absolute Gasteiger partial charge is 0.159 e. The molecule has 2 heterocycles. The Balaban J connectivity index is 1.84. The first-order chi connectivity index (χ1) is 10.1. The molecule has 0 saturated carbocycles. The molecule has 4 nitrogen and oxygen atoms in total. The number of benzene rings is 1. The Bertz CT molecular complexity index is 529. The number of hydrogen-bond acceptors (Lipinski definition) is 4. The molecule has 2 bridgehead atoms. The monoisotopic (exact) mass is 289 g/mol. The van der Waals surface area contributed by atoms with Crippen LogP contribution in [-0.4, -0.2) is 41.1 Å². The highest BCUT2D eigenvalue weighted by atomic mass is 16.5. The van der Waals surface area contributed by atoms with E-state index in [9.17, 15) is 9.90 Å². The number of nitrogens with zero attached hydrogens (tertiary/aromatic N) is 1. The zero-order valence-corrected chi connectivity index (χ0v) is 12.7. The van der Waals surface area contributed by atoms with Crippen LogP contribution in [0.5, 0.6) is 5.75 Å². The van der Waals surface area contributed by atoms with Gasteiger partial charge in [-0.25, -0.2) is 0 Å². The molecule has 114 valence electrons. The van der Waals surface area contributed by atoms with Crippen molar-refractivity contribution in [1.29, 1.82) is 0 Å². The van der Waals surface area contributed by atoms with Crippen molar-refractivity contribution in [2.24, 2.45) is 0 Å². The molecule has 1 aromatic rings. The molecule has 2 fully saturated rings. The van der Waals surface area contributed by atoms with Crippen LogP contribution in [0.2, 0.25) is 0 Å². The Kier molecular flexibility index (Phi) is 4.00. The third-order valence-corrected chi connectivity index (χ3v) is 4.90. The first kappa shape index (κ1) is 14.5. The number of rotatable bonds is 4. The van der Waals surface area contributed by atoms with Crippen LogP contribution >= 0.6 is 0 Å². The fourth-order valence-corrected chi connectivity index (χ4v) is 3.82. The predicted molar refractivity (Wildman–Crippen MR) is 80.6 cm³/mol. The molecule has 21 heavy (non-hydrogen) atoms. The minimum atomic E-state index is -0.149. The van der Waals surface area contributed by atoms with E-state index in [1.807, 2.05) is 18.2 Å². The number of aliphatic hydroxyl groups is 1. The van der Waals surface area contributed by atoms with Gasteiger partial charge in [0.1, 0.15) is 5.75 Å². The highest BCUT2D eigenvalue weighted by molar-refractivity contribution is 5.94. The maximum atomic E-state index is 11.6. The summed E-state index contributed by atoms with van der Waals surface area (Å²) in [5.74, 6) is 0.918. The summed E-state index contributed by atoms with van der Waals surface area (Å²) in [5, 5.41) is 9.90. The molecule has 1 aromatic carbocycles. The average molecular weight is 289 g/mol. The van der Waals surface area contributed by atoms with Gasteiger partial charge in [0.25, 0.3) is 0 Å². The quantitative estimate of drug-likeness (QED) is 0.865. The number of carbonyl (C=O) groups is 1. The number of Topliss-reactive ketones (excluding diaryl/α,β-unsaturated/α-hetero) is 1. The van der Waals surface area contributed by atoms with Gasteiger partial charge >= 0.3 is 0 Å². The van der Waals surface area contributed by atoms with Crippen molar-refractivity contribution in [3.63, 3.8) is 0 Å². The lowest BCUT2D eigenvalue weighted by atomic mass is 9.98. The highest BCUT2D eigenvalue weighted by Crippen LogP contribution is 2.37. The van der Waals surface area contributed by atoms with E-state index in [1.165, 1.54) is 0 Å². The molecule has 2 aliphatic heterocycles. The van der Waals surface area contributed by atoms with Crippen molar-refractivity contribution in [3.05, 3.63) is 29.3 Å². The van der Waals surface area contributed by atoms with Crippen molar-refractivity contribution in [2.45, 2.75) is 57.3 Å². The third-order valence-electron chi connectivity index (χ3n) is 4.90. The highest BCUT2D eigenvalue weighted by Gasteiger charge is 2.40. The average Bonchev–Trinajstić information content (AvgIpc) is 2.70. The van der Waals surface area contributed by atoms with Crippen molar-refractivity contribution in [3.8, 4) is 5.75 Å². The van der Waals surface area contributed by atoms with Crippen molar-refractivity contribution < 1.29 is 14.6 Å². The van der Waals surface area contributed by atoms with Gasteiger partial charge in [0.15, 0.2) is 5.78 Å². The number of methoxy groups -OCH3 is 1. The van der Waals surface area contributed by atoms with Crippen LogP contribution in [0, 0.1) is 0 Å². The van der Waals surface area contributed by atoms with Gasteiger partial charge in [-0.3, -0.25) is 9.69 Å². The van der Waals surface area contributed by atoms with Gasteiger partial charge in [-0.05, 0) is 50.8 Å². The Morgan fingerprint density at radius 1 is 1.33 bits per heavy atom. The second-order valence-electron chi connectivity index (χ2n) is 6.27. The zero-order valence-electron chi connectivity index (χ0n) is 12.7. The van der Waals surface area contributed by atoms with E-state index in [0.29, 0.717) is 12.1 Å². The summed E-state index contributed by atoms with van der Waals surface area (Å²) < 4.78 is 5.45. The number of carbonyl (C=O) groups excluding carboxylic acids is 1. The minimum absolute atomic E-state index is 0.0796. The molecule has 0 radical (unpaired) electrons. The van der Waals surface area contributed by atoms with Crippen LogP contribution in [0.1, 0.15) is 48.5 Å². The van der Waals surface area contributed by atoms with Crippen LogP contribution < -0.4 is 4.74 Å². The van der Waals surface area contributed by atoms with Gasteiger partial charge in [0.05, 0.1) is 13.2 Å². The second-order valence-corrected chi connectivity index (χ2v) is 6.27. The SMILES string of the molecule is COc1ccc(C(C)=O)cc1CN1C2CCC1CC(O)C2. The summed E-state index contributed by atoms with van der Waals surface area (Å²) in [6, 6.07) is 6.58. The van der Waals surface area contributed by atoms with E-state index in [2.05, 4.69) is 4.90 Å². The Morgan fingerprint density at radius 3 is 2.57 bits per heavy atom. The lowest BCUT2D eigenvalue weighted by Gasteiger charge is -2.37. The number of ether oxygens (including phenoxy) is 1. The van der Waals surface area contributed by atoms with Gasteiger partial charge in [-0.2, -0.15) is 0 Å². The number of hydrogen-bond donors (Lipinski definition) is 1. The summed E-state index contributed by atoms with van der Waals surface area (Å²) in [6.07, 6.45) is 3.91. The zero-order chi connectivity index (χ0) is 15.0. The van der Waals surface area contributed by atoms with Crippen LogP contribution in [0.25, 0.3) is 0 Å². The minimum Gasteiger partial charge on any atom is -0.496 e. The summed E-state index contributed by atoms with van der Waals surface area (Å²) in [4.78, 5) is 14.1. The van der Waals surface area contributed by atoms with Gasteiger partial charge < -0.3 is 9.84 Å². The molecule has 2 atom stereocenters. The topological polar surface area (TPSA) is 49.8 Å². The van der Waals surface area contributed by atoms with Crippen LogP contribution in [-0.2, 0) is 6.54 Å². The van der Waals surface area contributed by atoms with E-state index in [-0.39, 0.29) is 11.9 Å². The molecular formula is C17H23NO3. The molecular weight excluding hydrogens is 266 g/mol. The van der Waals surface area contributed by atoms with E-state index in [0.717, 1.165) is 49.1 Å². The molecule has 4 heteroatoms. The van der Waals surface area contributed by atoms with Gasteiger partial charge in [0, 0.05) is 29.8 Å². The lowest BCUT2D eigenvalue weighted by Crippen LogP contribution is -2.44. The lowest BCUT2D eigenvalue weighted by molar-refractivity contribution is 0.0307. The van der Waals surface area contributed by atoms with E-state index in [4.69, 9.17) is 4.74 Å². The molecule has 2 unspecified atom stereocenters.